The van der Waals surface area contributed by atoms with Crippen molar-refractivity contribution in [3.8, 4) is 11.5 Å². The van der Waals surface area contributed by atoms with E-state index in [1.54, 1.807) is 18.2 Å². The summed E-state index contributed by atoms with van der Waals surface area (Å²) in [6, 6.07) is 9.40. The van der Waals surface area contributed by atoms with Gasteiger partial charge >= 0.3 is 0 Å². The van der Waals surface area contributed by atoms with Gasteiger partial charge in [0, 0.05) is 24.2 Å². The number of likely N-dealkylation sites (N-methyl/N-ethyl adjacent to an activating group) is 1. The number of halogens is 1. The van der Waals surface area contributed by atoms with E-state index < -0.39 is 23.5 Å². The minimum atomic E-state index is -0.893. The molecule has 3 rings (SSSR count). The highest BCUT2D eigenvalue weighted by atomic mass is 19.1. The van der Waals surface area contributed by atoms with Crippen molar-refractivity contribution in [2.75, 3.05) is 40.4 Å². The second-order valence-electron chi connectivity index (χ2n) is 7.61. The Labute approximate surface area is 193 Å². The van der Waals surface area contributed by atoms with Gasteiger partial charge in [0.15, 0.2) is 11.5 Å². The molecule has 1 unspecified atom stereocenters. The average molecular weight is 457 g/mol. The number of benzene rings is 2. The standard InChI is InChI=1S/C25H29FN2O5/c1-5-27(6-2)14-15-28-21(18-8-7-9-19(32-3)24(18)33-4)20(23(30)25(28)31)22(29)16-10-12-17(26)13-11-16/h7-13,21,29H,5-6,14-15H2,1-4H3/b22-20+. The number of amides is 1. The van der Waals surface area contributed by atoms with Crippen LogP contribution >= 0.6 is 0 Å². The van der Waals surface area contributed by atoms with Crippen LogP contribution in [0.3, 0.4) is 0 Å². The summed E-state index contributed by atoms with van der Waals surface area (Å²) in [5.74, 6) is -1.55. The van der Waals surface area contributed by atoms with Crippen LogP contribution in [0.2, 0.25) is 0 Å². The summed E-state index contributed by atoms with van der Waals surface area (Å²) in [6.07, 6.45) is 0. The van der Waals surface area contributed by atoms with Crippen molar-refractivity contribution in [3.05, 3.63) is 65.0 Å². The van der Waals surface area contributed by atoms with Gasteiger partial charge in [-0.1, -0.05) is 26.0 Å². The van der Waals surface area contributed by atoms with Crippen LogP contribution in [0.1, 0.15) is 31.0 Å². The first-order valence-corrected chi connectivity index (χ1v) is 10.8. The van der Waals surface area contributed by atoms with Crippen LogP contribution in [0.5, 0.6) is 11.5 Å². The Morgan fingerprint density at radius 3 is 2.30 bits per heavy atom. The van der Waals surface area contributed by atoms with E-state index in [1.807, 2.05) is 13.8 Å². The molecule has 2 aromatic rings. The van der Waals surface area contributed by atoms with E-state index >= 15 is 0 Å². The van der Waals surface area contributed by atoms with Crippen LogP contribution in [0.15, 0.2) is 48.0 Å². The van der Waals surface area contributed by atoms with Gasteiger partial charge in [0.1, 0.15) is 11.6 Å². The fourth-order valence-corrected chi connectivity index (χ4v) is 4.11. The second kappa shape index (κ2) is 10.5. The van der Waals surface area contributed by atoms with E-state index in [-0.39, 0.29) is 23.4 Å². The van der Waals surface area contributed by atoms with E-state index in [0.717, 1.165) is 13.1 Å². The second-order valence-corrected chi connectivity index (χ2v) is 7.61. The Bertz CT molecular complexity index is 1050. The molecule has 2 aromatic carbocycles. The third kappa shape index (κ3) is 4.71. The van der Waals surface area contributed by atoms with Gasteiger partial charge < -0.3 is 24.4 Å². The number of para-hydroxylation sites is 1. The number of likely N-dealkylation sites (tertiary alicyclic amines) is 1. The van der Waals surface area contributed by atoms with Gasteiger partial charge in [0.25, 0.3) is 11.7 Å². The van der Waals surface area contributed by atoms with E-state index in [4.69, 9.17) is 9.47 Å². The number of ketones is 1. The van der Waals surface area contributed by atoms with Crippen LogP contribution in [-0.4, -0.2) is 67.0 Å². The number of ether oxygens (including phenoxy) is 2. The summed E-state index contributed by atoms with van der Waals surface area (Å²) in [7, 11) is 2.97. The minimum absolute atomic E-state index is 0.0716. The molecule has 1 amide bonds. The lowest BCUT2D eigenvalue weighted by Gasteiger charge is -2.29. The van der Waals surface area contributed by atoms with Crippen LogP contribution in [0, 0.1) is 5.82 Å². The number of rotatable bonds is 9. The molecule has 1 N–H and O–H groups in total. The molecule has 0 radical (unpaired) electrons. The van der Waals surface area contributed by atoms with E-state index in [9.17, 15) is 19.1 Å². The van der Waals surface area contributed by atoms with Gasteiger partial charge in [-0.2, -0.15) is 0 Å². The number of nitrogens with zero attached hydrogens (tertiary/aromatic N) is 2. The van der Waals surface area contributed by atoms with Crippen LogP contribution < -0.4 is 9.47 Å². The maximum atomic E-state index is 13.4. The average Bonchev–Trinajstić information content (AvgIpc) is 3.08. The quantitative estimate of drug-likeness (QED) is 0.353. The third-order valence-corrected chi connectivity index (χ3v) is 5.94. The smallest absolute Gasteiger partial charge is 0.295 e. The third-order valence-electron chi connectivity index (χ3n) is 5.94. The highest BCUT2D eigenvalue weighted by Crippen LogP contribution is 2.45. The van der Waals surface area contributed by atoms with Gasteiger partial charge in [0.2, 0.25) is 0 Å². The van der Waals surface area contributed by atoms with Crippen LogP contribution in [0.4, 0.5) is 4.39 Å². The lowest BCUT2D eigenvalue weighted by Crippen LogP contribution is -2.38. The fourth-order valence-electron chi connectivity index (χ4n) is 4.11. The molecule has 1 aliphatic rings. The molecule has 176 valence electrons. The number of Topliss-reactive ketones (excluding diaryl/α,β-unsaturated/α-hetero) is 1. The first-order valence-electron chi connectivity index (χ1n) is 10.8. The SMILES string of the molecule is CCN(CC)CCN1C(=O)C(=O)/C(=C(/O)c2ccc(F)cc2)C1c1cccc(OC)c1OC. The molecule has 0 bridgehead atoms. The van der Waals surface area contributed by atoms with Crippen molar-refractivity contribution in [1.82, 2.24) is 9.80 Å². The van der Waals surface area contributed by atoms with Crippen molar-refractivity contribution < 1.29 is 28.6 Å². The molecule has 8 heteroatoms. The Kier molecular flexibility index (Phi) is 7.71. The molecule has 1 atom stereocenters. The molecule has 0 aromatic heterocycles. The topological polar surface area (TPSA) is 79.3 Å². The molecule has 0 spiro atoms. The number of hydrogen-bond acceptors (Lipinski definition) is 6. The van der Waals surface area contributed by atoms with Gasteiger partial charge in [-0.25, -0.2) is 4.39 Å². The highest BCUT2D eigenvalue weighted by Gasteiger charge is 2.47. The number of carbonyl (C=O) groups is 2. The lowest BCUT2D eigenvalue weighted by molar-refractivity contribution is -0.140. The molecule has 0 aliphatic carbocycles. The monoisotopic (exact) mass is 456 g/mol. The summed E-state index contributed by atoms with van der Waals surface area (Å²) >= 11 is 0. The number of carbonyl (C=O) groups excluding carboxylic acids is 2. The first-order chi connectivity index (χ1) is 15.9. The van der Waals surface area contributed by atoms with Crippen molar-refractivity contribution in [2.24, 2.45) is 0 Å². The molecule has 1 fully saturated rings. The fraction of sp³-hybridized carbons (Fsp3) is 0.360. The minimum Gasteiger partial charge on any atom is -0.507 e. The molecule has 1 heterocycles. The van der Waals surface area contributed by atoms with Gasteiger partial charge in [0.05, 0.1) is 25.8 Å². The Balaban J connectivity index is 2.19. The van der Waals surface area contributed by atoms with Crippen LogP contribution in [0.25, 0.3) is 5.76 Å². The Morgan fingerprint density at radius 2 is 1.73 bits per heavy atom. The maximum absolute atomic E-state index is 13.4. The van der Waals surface area contributed by atoms with Crippen molar-refractivity contribution in [2.45, 2.75) is 19.9 Å². The molecule has 1 aliphatic heterocycles. The largest absolute Gasteiger partial charge is 0.507 e. The Morgan fingerprint density at radius 1 is 1.06 bits per heavy atom. The number of methoxy groups -OCH3 is 2. The van der Waals surface area contributed by atoms with Gasteiger partial charge in [-0.05, 0) is 43.4 Å². The highest BCUT2D eigenvalue weighted by molar-refractivity contribution is 6.46. The molecule has 33 heavy (non-hydrogen) atoms. The summed E-state index contributed by atoms with van der Waals surface area (Å²) in [6.45, 7) is 6.46. The van der Waals surface area contributed by atoms with E-state index in [1.165, 1.54) is 43.4 Å². The predicted octanol–water partition coefficient (Wildman–Crippen LogP) is 3.61. The normalized spacial score (nSPS) is 17.6. The lowest BCUT2D eigenvalue weighted by atomic mass is 9.94. The summed E-state index contributed by atoms with van der Waals surface area (Å²) in [5.41, 5.74) is 0.682. The molecule has 0 saturated carbocycles. The van der Waals surface area contributed by atoms with Crippen molar-refractivity contribution in [1.29, 1.82) is 0 Å². The number of aliphatic hydroxyl groups excluding tert-OH is 1. The van der Waals surface area contributed by atoms with E-state index in [0.29, 0.717) is 23.6 Å². The maximum Gasteiger partial charge on any atom is 0.295 e. The van der Waals surface area contributed by atoms with Crippen LogP contribution in [-0.2, 0) is 9.59 Å². The van der Waals surface area contributed by atoms with Gasteiger partial charge in [-0.15, -0.1) is 0 Å². The number of aliphatic hydroxyl groups is 1. The zero-order valence-corrected chi connectivity index (χ0v) is 19.3. The van der Waals surface area contributed by atoms with Gasteiger partial charge in [-0.3, -0.25) is 9.59 Å². The van der Waals surface area contributed by atoms with E-state index in [2.05, 4.69) is 4.90 Å². The molecular formula is C25H29FN2O5. The predicted molar refractivity (Wildman–Crippen MR) is 123 cm³/mol. The Hall–Kier alpha value is -3.39. The summed E-state index contributed by atoms with van der Waals surface area (Å²) in [4.78, 5) is 29.9. The molecule has 1 saturated heterocycles. The molecular weight excluding hydrogens is 427 g/mol. The van der Waals surface area contributed by atoms with Crippen molar-refractivity contribution >= 4 is 17.4 Å². The summed E-state index contributed by atoms with van der Waals surface area (Å²) < 4.78 is 24.4. The zero-order chi connectivity index (χ0) is 24.1. The van der Waals surface area contributed by atoms with Crippen molar-refractivity contribution in [3.63, 3.8) is 0 Å². The number of hydrogen-bond donors (Lipinski definition) is 1. The molecule has 7 nitrogen and oxygen atoms in total. The summed E-state index contributed by atoms with van der Waals surface area (Å²) in [5, 5.41) is 11.1. The first kappa shape index (κ1) is 24.3. The zero-order valence-electron chi connectivity index (χ0n) is 19.3.